The molecule has 0 saturated heterocycles. The van der Waals surface area contributed by atoms with E-state index in [0.717, 1.165) is 11.3 Å². The van der Waals surface area contributed by atoms with Crippen LogP contribution in [0.1, 0.15) is 25.8 Å². The lowest BCUT2D eigenvalue weighted by molar-refractivity contribution is 0.0950. The van der Waals surface area contributed by atoms with Gasteiger partial charge < -0.3 is 5.73 Å². The lowest BCUT2D eigenvalue weighted by Crippen LogP contribution is -2.30. The van der Waals surface area contributed by atoms with E-state index in [9.17, 15) is 4.79 Å². The van der Waals surface area contributed by atoms with Crippen molar-refractivity contribution in [1.29, 1.82) is 0 Å². The smallest absolute Gasteiger partial charge is 0.270 e. The van der Waals surface area contributed by atoms with E-state index < -0.39 is 0 Å². The SMILES string of the molecule is C=CC(=O)n1nc(N)c2c1CC(c1cccs1)(c1cccs1)C=C2. The van der Waals surface area contributed by atoms with Gasteiger partial charge in [0, 0.05) is 21.7 Å². The fraction of sp³-hybridized carbons (Fsp3) is 0.111. The predicted molar refractivity (Wildman–Crippen MR) is 99.6 cm³/mol. The zero-order valence-electron chi connectivity index (χ0n) is 12.8. The third-order valence-corrected chi connectivity index (χ3v) is 6.43. The quantitative estimate of drug-likeness (QED) is 0.725. The van der Waals surface area contributed by atoms with Crippen LogP contribution in [0.15, 0.2) is 53.8 Å². The molecular formula is C18H15N3OS2. The fourth-order valence-electron chi connectivity index (χ4n) is 3.18. The summed E-state index contributed by atoms with van der Waals surface area (Å²) in [6.07, 6.45) is 6.09. The maximum absolute atomic E-state index is 12.2. The van der Waals surface area contributed by atoms with Crippen LogP contribution in [0.3, 0.4) is 0 Å². The minimum absolute atomic E-state index is 0.260. The van der Waals surface area contributed by atoms with Crippen molar-refractivity contribution in [3.05, 3.63) is 74.8 Å². The van der Waals surface area contributed by atoms with Gasteiger partial charge in [0.1, 0.15) is 0 Å². The van der Waals surface area contributed by atoms with E-state index in [1.807, 2.05) is 6.08 Å². The van der Waals surface area contributed by atoms with Crippen LogP contribution < -0.4 is 5.73 Å². The van der Waals surface area contributed by atoms with Crippen molar-refractivity contribution in [2.45, 2.75) is 11.8 Å². The summed E-state index contributed by atoms with van der Waals surface area (Å²) in [5.41, 5.74) is 7.39. The van der Waals surface area contributed by atoms with E-state index in [1.165, 1.54) is 20.5 Å². The summed E-state index contributed by atoms with van der Waals surface area (Å²) in [7, 11) is 0. The van der Waals surface area contributed by atoms with Gasteiger partial charge in [-0.3, -0.25) is 4.79 Å². The fourth-order valence-corrected chi connectivity index (χ4v) is 5.09. The Hall–Kier alpha value is -2.44. The largest absolute Gasteiger partial charge is 0.382 e. The highest BCUT2D eigenvalue weighted by Gasteiger charge is 2.39. The molecule has 2 N–H and O–H groups in total. The summed E-state index contributed by atoms with van der Waals surface area (Å²) in [4.78, 5) is 14.7. The van der Waals surface area contributed by atoms with E-state index >= 15 is 0 Å². The molecule has 0 aliphatic heterocycles. The molecule has 4 nitrogen and oxygen atoms in total. The summed E-state index contributed by atoms with van der Waals surface area (Å²) in [6, 6.07) is 8.39. The first-order valence-corrected chi connectivity index (χ1v) is 9.23. The molecule has 24 heavy (non-hydrogen) atoms. The summed E-state index contributed by atoms with van der Waals surface area (Å²) in [5.74, 6) is 0.118. The molecular weight excluding hydrogens is 338 g/mol. The molecule has 1 aliphatic carbocycles. The molecule has 3 aromatic rings. The third kappa shape index (κ3) is 2.11. The van der Waals surface area contributed by atoms with Gasteiger partial charge in [-0.1, -0.05) is 30.9 Å². The van der Waals surface area contributed by atoms with E-state index in [4.69, 9.17) is 5.73 Å². The van der Waals surface area contributed by atoms with E-state index in [2.05, 4.69) is 52.8 Å². The number of nitrogen functional groups attached to an aromatic ring is 1. The summed E-state index contributed by atoms with van der Waals surface area (Å²) >= 11 is 3.43. The van der Waals surface area contributed by atoms with Gasteiger partial charge in [-0.25, -0.2) is 0 Å². The molecule has 0 aromatic carbocycles. The monoisotopic (exact) mass is 353 g/mol. The van der Waals surface area contributed by atoms with Gasteiger partial charge in [0.05, 0.1) is 11.1 Å². The standard InChI is InChI=1S/C18H15N3OS2/c1-2-16(22)21-13-11-18(14-5-3-9-23-14,15-6-4-10-24-15)8-7-12(13)17(19)20-21/h2-10H,1,11H2,(H2,19,20). The number of carbonyl (C=O) groups excluding carboxylic acids is 1. The number of nitrogens with zero attached hydrogens (tertiary/aromatic N) is 2. The second-order valence-corrected chi connectivity index (χ2v) is 7.53. The van der Waals surface area contributed by atoms with Crippen molar-refractivity contribution in [1.82, 2.24) is 9.78 Å². The average Bonchev–Trinajstić information content (AvgIpc) is 3.35. The van der Waals surface area contributed by atoms with Gasteiger partial charge in [-0.2, -0.15) is 4.68 Å². The van der Waals surface area contributed by atoms with Crippen LogP contribution in [0.5, 0.6) is 0 Å². The number of anilines is 1. The zero-order valence-corrected chi connectivity index (χ0v) is 14.4. The molecule has 4 rings (SSSR count). The van der Waals surface area contributed by atoms with E-state index in [0.29, 0.717) is 12.2 Å². The summed E-state index contributed by atoms with van der Waals surface area (Å²) < 4.78 is 1.39. The van der Waals surface area contributed by atoms with Gasteiger partial charge in [-0.15, -0.1) is 27.8 Å². The molecule has 0 amide bonds. The highest BCUT2D eigenvalue weighted by molar-refractivity contribution is 7.11. The molecule has 120 valence electrons. The van der Waals surface area contributed by atoms with Crippen LogP contribution in [-0.4, -0.2) is 15.7 Å². The number of thiophene rings is 2. The first-order chi connectivity index (χ1) is 11.7. The van der Waals surface area contributed by atoms with Gasteiger partial charge in [0.25, 0.3) is 5.91 Å². The second-order valence-electron chi connectivity index (χ2n) is 5.64. The maximum Gasteiger partial charge on any atom is 0.270 e. The Morgan fingerprint density at radius 2 is 1.96 bits per heavy atom. The molecule has 0 radical (unpaired) electrons. The van der Waals surface area contributed by atoms with Crippen molar-refractivity contribution >= 4 is 40.5 Å². The van der Waals surface area contributed by atoms with Crippen molar-refractivity contribution < 1.29 is 4.79 Å². The minimum Gasteiger partial charge on any atom is -0.382 e. The van der Waals surface area contributed by atoms with Crippen LogP contribution in [-0.2, 0) is 11.8 Å². The Bertz CT molecular complexity index is 899. The summed E-state index contributed by atoms with van der Waals surface area (Å²) in [6.45, 7) is 3.57. The summed E-state index contributed by atoms with van der Waals surface area (Å²) in [5, 5.41) is 8.38. The first kappa shape index (κ1) is 15.1. The molecule has 0 atom stereocenters. The topological polar surface area (TPSA) is 60.9 Å². The van der Waals surface area contributed by atoms with Gasteiger partial charge in [0.15, 0.2) is 5.82 Å². The first-order valence-electron chi connectivity index (χ1n) is 7.47. The van der Waals surface area contributed by atoms with Crippen LogP contribution in [0.4, 0.5) is 5.82 Å². The number of nitrogens with two attached hydrogens (primary N) is 1. The van der Waals surface area contributed by atoms with Crippen molar-refractivity contribution in [2.24, 2.45) is 0 Å². The van der Waals surface area contributed by atoms with Crippen LogP contribution >= 0.6 is 22.7 Å². The third-order valence-electron chi connectivity index (χ3n) is 4.34. The highest BCUT2D eigenvalue weighted by atomic mass is 32.1. The molecule has 0 spiro atoms. The van der Waals surface area contributed by atoms with Crippen LogP contribution in [0.25, 0.3) is 6.08 Å². The molecule has 6 heteroatoms. The molecule has 0 saturated carbocycles. The Morgan fingerprint density at radius 3 is 2.50 bits per heavy atom. The van der Waals surface area contributed by atoms with Crippen LogP contribution in [0, 0.1) is 0 Å². The Balaban J connectivity index is 1.93. The molecule has 0 unspecified atom stereocenters. The number of hydrogen-bond donors (Lipinski definition) is 1. The zero-order chi connectivity index (χ0) is 16.7. The highest BCUT2D eigenvalue weighted by Crippen LogP contribution is 2.45. The van der Waals surface area contributed by atoms with Gasteiger partial charge in [-0.05, 0) is 29.0 Å². The van der Waals surface area contributed by atoms with Gasteiger partial charge in [0.2, 0.25) is 0 Å². The molecule has 3 aromatic heterocycles. The Labute approximate surface area is 147 Å². The predicted octanol–water partition coefficient (Wildman–Crippen LogP) is 3.97. The van der Waals surface area contributed by atoms with E-state index in [1.54, 1.807) is 22.7 Å². The Morgan fingerprint density at radius 1 is 1.29 bits per heavy atom. The Kier molecular flexibility index (Phi) is 3.51. The molecule has 0 bridgehead atoms. The molecule has 0 fully saturated rings. The molecule has 3 heterocycles. The van der Waals surface area contributed by atoms with Crippen molar-refractivity contribution in [2.75, 3.05) is 5.73 Å². The second kappa shape index (κ2) is 5.58. The number of rotatable bonds is 3. The lowest BCUT2D eigenvalue weighted by Gasteiger charge is -2.32. The van der Waals surface area contributed by atoms with Crippen LogP contribution in [0.2, 0.25) is 0 Å². The van der Waals surface area contributed by atoms with E-state index in [-0.39, 0.29) is 11.3 Å². The van der Waals surface area contributed by atoms with Crippen molar-refractivity contribution in [3.63, 3.8) is 0 Å². The number of fused-ring (bicyclic) bond motifs is 1. The molecule has 1 aliphatic rings. The number of hydrogen-bond acceptors (Lipinski definition) is 5. The van der Waals surface area contributed by atoms with Crippen molar-refractivity contribution in [3.8, 4) is 0 Å². The number of allylic oxidation sites excluding steroid dienone is 2. The number of carbonyl (C=O) groups is 1. The lowest BCUT2D eigenvalue weighted by atomic mass is 9.76. The average molecular weight is 353 g/mol. The number of aromatic nitrogens is 2. The minimum atomic E-state index is -0.291. The van der Waals surface area contributed by atoms with Gasteiger partial charge >= 0.3 is 0 Å². The normalized spacial score (nSPS) is 15.2. The maximum atomic E-state index is 12.2.